The highest BCUT2D eigenvalue weighted by atomic mass is 32.2. The van der Waals surface area contributed by atoms with Crippen molar-refractivity contribution in [3.8, 4) is 0 Å². The zero-order valence-electron chi connectivity index (χ0n) is 9.81. The number of fused-ring (bicyclic) bond motifs is 1. The summed E-state index contributed by atoms with van der Waals surface area (Å²) in [6, 6.07) is 5.50. The molecule has 0 spiro atoms. The van der Waals surface area contributed by atoms with Crippen LogP contribution in [-0.2, 0) is 19.5 Å². The van der Waals surface area contributed by atoms with Gasteiger partial charge < -0.3 is 11.5 Å². The molecule has 0 saturated heterocycles. The number of nitrogen functional groups attached to an aromatic ring is 2. The zero-order valence-corrected chi connectivity index (χ0v) is 11.4. The van der Waals surface area contributed by atoms with Crippen LogP contribution in [0, 0.1) is 0 Å². The Labute approximate surface area is 118 Å². The first-order chi connectivity index (χ1) is 9.34. The van der Waals surface area contributed by atoms with Gasteiger partial charge in [-0.05, 0) is 18.2 Å². The standard InChI is InChI=1S/C10H10N2O6S2/c11-8-2-1-6-7(10(8)12)3-5(19-18-17-13)4-9(6)20(14,15)16/h1-4,13H,11-12H2,(H,14,15,16). The summed E-state index contributed by atoms with van der Waals surface area (Å²) in [5.41, 5.74) is 11.9. The number of anilines is 2. The van der Waals surface area contributed by atoms with Gasteiger partial charge >= 0.3 is 0 Å². The van der Waals surface area contributed by atoms with Gasteiger partial charge in [0.2, 0.25) is 0 Å². The average molecular weight is 318 g/mol. The van der Waals surface area contributed by atoms with Gasteiger partial charge in [-0.3, -0.25) is 4.55 Å². The highest BCUT2D eigenvalue weighted by Crippen LogP contribution is 2.35. The Bertz CT molecular complexity index is 762. The van der Waals surface area contributed by atoms with Crippen molar-refractivity contribution in [2.75, 3.05) is 11.5 Å². The highest BCUT2D eigenvalue weighted by Gasteiger charge is 2.18. The molecule has 8 nitrogen and oxygen atoms in total. The normalized spacial score (nSPS) is 11.9. The van der Waals surface area contributed by atoms with Crippen LogP contribution in [0.3, 0.4) is 0 Å². The molecule has 108 valence electrons. The second-order valence-corrected chi connectivity index (χ2v) is 5.95. The molecule has 2 aromatic rings. The first-order valence-corrected chi connectivity index (χ1v) is 7.26. The SMILES string of the molecule is Nc1ccc2c(S(=O)(=O)O)cc(SOOO)cc2c1N. The number of rotatable bonds is 4. The van der Waals surface area contributed by atoms with Crippen LogP contribution in [0.15, 0.2) is 34.1 Å². The second-order valence-electron chi connectivity index (χ2n) is 3.79. The molecule has 0 aliphatic rings. The molecule has 0 aromatic heterocycles. The molecule has 6 N–H and O–H groups in total. The lowest BCUT2D eigenvalue weighted by Crippen LogP contribution is -2.02. The molecule has 0 amide bonds. The molecule has 0 atom stereocenters. The minimum Gasteiger partial charge on any atom is -0.397 e. The van der Waals surface area contributed by atoms with Crippen LogP contribution in [-0.4, -0.2) is 18.2 Å². The lowest BCUT2D eigenvalue weighted by atomic mass is 10.1. The molecular weight excluding hydrogens is 308 g/mol. The first kappa shape index (κ1) is 14.8. The lowest BCUT2D eigenvalue weighted by molar-refractivity contribution is -0.432. The minimum absolute atomic E-state index is 0.166. The number of benzene rings is 2. The fourth-order valence-corrected chi connectivity index (χ4v) is 2.98. The van der Waals surface area contributed by atoms with Crippen molar-refractivity contribution in [2.24, 2.45) is 0 Å². The van der Waals surface area contributed by atoms with Crippen molar-refractivity contribution < 1.29 is 27.6 Å². The smallest absolute Gasteiger partial charge is 0.295 e. The Morgan fingerprint density at radius 3 is 2.45 bits per heavy atom. The summed E-state index contributed by atoms with van der Waals surface area (Å²) in [5, 5.41) is 12.1. The molecule has 0 aliphatic carbocycles. The first-order valence-electron chi connectivity index (χ1n) is 5.08. The molecule has 0 aliphatic heterocycles. The summed E-state index contributed by atoms with van der Waals surface area (Å²) in [5.74, 6) is 0. The van der Waals surface area contributed by atoms with Crippen LogP contribution >= 0.6 is 12.0 Å². The van der Waals surface area contributed by atoms with E-state index in [1.807, 2.05) is 0 Å². The quantitative estimate of drug-likeness (QED) is 0.217. The molecule has 0 radical (unpaired) electrons. The van der Waals surface area contributed by atoms with E-state index >= 15 is 0 Å². The third-order valence-electron chi connectivity index (χ3n) is 2.58. The van der Waals surface area contributed by atoms with E-state index in [0.717, 1.165) is 6.07 Å². The van der Waals surface area contributed by atoms with E-state index in [1.54, 1.807) is 0 Å². The Balaban J connectivity index is 2.78. The maximum absolute atomic E-state index is 11.4. The molecular formula is C10H10N2O6S2. The predicted octanol–water partition coefficient (Wildman–Crippen LogP) is 1.68. The number of hydrogen-bond donors (Lipinski definition) is 4. The number of nitrogens with two attached hydrogens (primary N) is 2. The van der Waals surface area contributed by atoms with E-state index in [-0.39, 0.29) is 26.6 Å². The van der Waals surface area contributed by atoms with Crippen molar-refractivity contribution in [2.45, 2.75) is 9.79 Å². The largest absolute Gasteiger partial charge is 0.397 e. The summed E-state index contributed by atoms with van der Waals surface area (Å²) >= 11 is 0.536. The fourth-order valence-electron chi connectivity index (χ4n) is 1.73. The van der Waals surface area contributed by atoms with Crippen molar-refractivity contribution in [3.63, 3.8) is 0 Å². The third-order valence-corrected chi connectivity index (χ3v) is 4.04. The van der Waals surface area contributed by atoms with E-state index in [4.69, 9.17) is 16.7 Å². The third kappa shape index (κ3) is 2.80. The Morgan fingerprint density at radius 2 is 1.85 bits per heavy atom. The average Bonchev–Trinajstić information content (AvgIpc) is 2.39. The zero-order chi connectivity index (χ0) is 14.9. The maximum atomic E-state index is 11.4. The molecule has 2 rings (SSSR count). The summed E-state index contributed by atoms with van der Waals surface area (Å²) in [6.07, 6.45) is 0. The van der Waals surface area contributed by atoms with Gasteiger partial charge in [-0.2, -0.15) is 8.42 Å². The molecule has 0 saturated carbocycles. The molecule has 20 heavy (non-hydrogen) atoms. The molecule has 10 heteroatoms. The van der Waals surface area contributed by atoms with Gasteiger partial charge in [0.15, 0.2) is 0 Å². The van der Waals surface area contributed by atoms with E-state index in [0.29, 0.717) is 17.4 Å². The van der Waals surface area contributed by atoms with Crippen LogP contribution in [0.2, 0.25) is 0 Å². The molecule has 0 fully saturated rings. The monoisotopic (exact) mass is 318 g/mol. The number of hydrogen-bond acceptors (Lipinski definition) is 8. The van der Waals surface area contributed by atoms with Crippen molar-refractivity contribution in [1.82, 2.24) is 0 Å². The van der Waals surface area contributed by atoms with Crippen molar-refractivity contribution in [3.05, 3.63) is 24.3 Å². The lowest BCUT2D eigenvalue weighted by Gasteiger charge is -2.10. The minimum atomic E-state index is -4.48. The Morgan fingerprint density at radius 1 is 1.15 bits per heavy atom. The second kappa shape index (κ2) is 5.44. The molecule has 0 bridgehead atoms. The predicted molar refractivity (Wildman–Crippen MR) is 73.2 cm³/mol. The van der Waals surface area contributed by atoms with Crippen LogP contribution in [0.4, 0.5) is 11.4 Å². The topological polar surface area (TPSA) is 145 Å². The van der Waals surface area contributed by atoms with Crippen molar-refractivity contribution >= 4 is 44.3 Å². The molecule has 2 aromatic carbocycles. The van der Waals surface area contributed by atoms with Gasteiger partial charge in [0.05, 0.1) is 23.4 Å². The van der Waals surface area contributed by atoms with E-state index in [9.17, 15) is 13.0 Å². The fraction of sp³-hybridized carbons (Fsp3) is 0. The van der Waals surface area contributed by atoms with Crippen LogP contribution in [0.25, 0.3) is 10.8 Å². The summed E-state index contributed by atoms with van der Waals surface area (Å²) in [7, 11) is -4.48. The van der Waals surface area contributed by atoms with E-state index < -0.39 is 10.1 Å². The Kier molecular flexibility index (Phi) is 4.04. The summed E-state index contributed by atoms with van der Waals surface area (Å²) in [4.78, 5) is -0.123. The van der Waals surface area contributed by atoms with Gasteiger partial charge in [0, 0.05) is 15.7 Å². The van der Waals surface area contributed by atoms with Gasteiger partial charge in [0.25, 0.3) is 10.1 Å². The maximum Gasteiger partial charge on any atom is 0.295 e. The van der Waals surface area contributed by atoms with Gasteiger partial charge in [0.1, 0.15) is 4.90 Å². The summed E-state index contributed by atoms with van der Waals surface area (Å²) in [6.45, 7) is 0. The Hall–Kier alpha value is -1.56. The van der Waals surface area contributed by atoms with Crippen LogP contribution in [0.5, 0.6) is 0 Å². The molecule has 0 heterocycles. The van der Waals surface area contributed by atoms with Crippen LogP contribution in [0.1, 0.15) is 0 Å². The van der Waals surface area contributed by atoms with Crippen molar-refractivity contribution in [1.29, 1.82) is 0 Å². The van der Waals surface area contributed by atoms with Gasteiger partial charge in [-0.15, -0.1) is 4.33 Å². The van der Waals surface area contributed by atoms with E-state index in [2.05, 4.69) is 9.37 Å². The van der Waals surface area contributed by atoms with Crippen LogP contribution < -0.4 is 11.5 Å². The van der Waals surface area contributed by atoms with Gasteiger partial charge in [-0.25, -0.2) is 5.26 Å². The van der Waals surface area contributed by atoms with E-state index in [1.165, 1.54) is 18.2 Å². The molecule has 0 unspecified atom stereocenters. The van der Waals surface area contributed by atoms with Gasteiger partial charge in [-0.1, -0.05) is 11.1 Å². The highest BCUT2D eigenvalue weighted by molar-refractivity contribution is 7.94. The summed E-state index contributed by atoms with van der Waals surface area (Å²) < 4.78 is 36.3.